The van der Waals surface area contributed by atoms with Crippen LogP contribution in [0.5, 0.6) is 0 Å². The zero-order chi connectivity index (χ0) is 20.7. The number of hydrogen-bond acceptors (Lipinski definition) is 8. The molecule has 14 heteroatoms. The van der Waals surface area contributed by atoms with E-state index in [4.69, 9.17) is 21.7 Å². The van der Waals surface area contributed by atoms with Gasteiger partial charge in [-0.05, 0) is 6.92 Å². The number of urea groups is 1. The number of rotatable bonds is 8. The van der Waals surface area contributed by atoms with Crippen molar-refractivity contribution in [2.75, 3.05) is 18.9 Å². The predicted molar refractivity (Wildman–Crippen MR) is 92.6 cm³/mol. The number of hydrogen-bond donors (Lipinski definition) is 9. The molecule has 0 spiro atoms. The Morgan fingerprint density at radius 3 is 2.04 bits per heavy atom. The number of carbonyl (C=O) groups is 5. The van der Waals surface area contributed by atoms with Crippen molar-refractivity contribution in [3.8, 4) is 0 Å². The SMILES string of the molecule is CCO.NC(=O)C[C@H](NC(=O)NCC(=O)O)C(=O)NNC(=O)[C@@H](N)CS. The molecule has 0 fully saturated rings. The third-order valence-electron chi connectivity index (χ3n) is 2.27. The summed E-state index contributed by atoms with van der Waals surface area (Å²) in [7, 11) is 0. The molecular weight excluding hydrogens is 372 g/mol. The van der Waals surface area contributed by atoms with Gasteiger partial charge in [-0.2, -0.15) is 12.6 Å². The van der Waals surface area contributed by atoms with Gasteiger partial charge in [0.25, 0.3) is 11.8 Å². The van der Waals surface area contributed by atoms with Gasteiger partial charge in [0.15, 0.2) is 0 Å². The first-order valence-corrected chi connectivity index (χ1v) is 7.83. The maximum atomic E-state index is 11.8. The van der Waals surface area contributed by atoms with E-state index in [1.54, 1.807) is 6.92 Å². The van der Waals surface area contributed by atoms with Crippen LogP contribution < -0.4 is 33.0 Å². The van der Waals surface area contributed by atoms with Crippen molar-refractivity contribution in [2.45, 2.75) is 25.4 Å². The second-order valence-corrected chi connectivity index (χ2v) is 4.89. The van der Waals surface area contributed by atoms with E-state index in [2.05, 4.69) is 12.6 Å². The molecule has 13 nitrogen and oxygen atoms in total. The lowest BCUT2D eigenvalue weighted by atomic mass is 10.2. The highest BCUT2D eigenvalue weighted by Crippen LogP contribution is 1.92. The Hall–Kier alpha value is -2.58. The molecule has 0 heterocycles. The van der Waals surface area contributed by atoms with E-state index in [1.165, 1.54) is 0 Å². The number of aliphatic hydroxyl groups is 1. The maximum Gasteiger partial charge on any atom is 0.323 e. The van der Waals surface area contributed by atoms with Crippen LogP contribution in [-0.4, -0.2) is 70.9 Å². The van der Waals surface area contributed by atoms with Crippen molar-refractivity contribution in [3.05, 3.63) is 0 Å². The molecule has 26 heavy (non-hydrogen) atoms. The topological polar surface area (TPSA) is 226 Å². The number of carboxylic acid groups (broad SMARTS) is 1. The fourth-order valence-corrected chi connectivity index (χ4v) is 1.33. The van der Waals surface area contributed by atoms with Gasteiger partial charge in [-0.15, -0.1) is 0 Å². The van der Waals surface area contributed by atoms with Gasteiger partial charge in [0.2, 0.25) is 5.91 Å². The average Bonchev–Trinajstić information content (AvgIpc) is 2.56. The number of carboxylic acids is 1. The molecule has 2 atom stereocenters. The number of primary amides is 1. The number of aliphatic carboxylic acids is 1. The van der Waals surface area contributed by atoms with Gasteiger partial charge in [0, 0.05) is 12.4 Å². The minimum atomic E-state index is -1.42. The Kier molecular flexibility index (Phi) is 14.5. The van der Waals surface area contributed by atoms with Gasteiger partial charge in [0.1, 0.15) is 12.6 Å². The van der Waals surface area contributed by atoms with Crippen molar-refractivity contribution >= 4 is 42.4 Å². The first kappa shape index (κ1) is 25.7. The smallest absolute Gasteiger partial charge is 0.323 e. The summed E-state index contributed by atoms with van der Waals surface area (Å²) in [5, 5.41) is 20.0. The largest absolute Gasteiger partial charge is 0.480 e. The van der Waals surface area contributed by atoms with Crippen molar-refractivity contribution in [3.63, 3.8) is 0 Å². The zero-order valence-electron chi connectivity index (χ0n) is 14.0. The Balaban J connectivity index is 0. The van der Waals surface area contributed by atoms with E-state index in [-0.39, 0.29) is 12.4 Å². The highest BCUT2D eigenvalue weighted by Gasteiger charge is 2.24. The van der Waals surface area contributed by atoms with Crippen LogP contribution in [0.25, 0.3) is 0 Å². The number of nitrogens with one attached hydrogen (secondary N) is 4. The van der Waals surface area contributed by atoms with Gasteiger partial charge in [-0.3, -0.25) is 30.0 Å². The van der Waals surface area contributed by atoms with E-state index in [0.29, 0.717) is 0 Å². The van der Waals surface area contributed by atoms with Crippen molar-refractivity contribution in [1.82, 2.24) is 21.5 Å². The van der Waals surface area contributed by atoms with Crippen LogP contribution in [0, 0.1) is 0 Å². The van der Waals surface area contributed by atoms with Crippen molar-refractivity contribution < 1.29 is 34.2 Å². The first-order chi connectivity index (χ1) is 12.1. The van der Waals surface area contributed by atoms with Crippen LogP contribution in [0.3, 0.4) is 0 Å². The zero-order valence-corrected chi connectivity index (χ0v) is 14.9. The molecule has 0 aromatic heterocycles. The second kappa shape index (κ2) is 14.7. The molecule has 10 N–H and O–H groups in total. The van der Waals surface area contributed by atoms with Crippen LogP contribution in [0.15, 0.2) is 0 Å². The third kappa shape index (κ3) is 13.8. The molecule has 150 valence electrons. The Bertz CT molecular complexity index is 504. The molecule has 0 aromatic carbocycles. The lowest BCUT2D eigenvalue weighted by Crippen LogP contribution is -2.57. The summed E-state index contributed by atoms with van der Waals surface area (Å²) < 4.78 is 0. The summed E-state index contributed by atoms with van der Waals surface area (Å²) in [4.78, 5) is 55.8. The lowest BCUT2D eigenvalue weighted by molar-refractivity contribution is -0.135. The van der Waals surface area contributed by atoms with E-state index in [0.717, 1.165) is 0 Å². The van der Waals surface area contributed by atoms with Crippen LogP contribution in [0.4, 0.5) is 4.79 Å². The van der Waals surface area contributed by atoms with Crippen molar-refractivity contribution in [1.29, 1.82) is 0 Å². The molecule has 0 aliphatic carbocycles. The van der Waals surface area contributed by atoms with Gasteiger partial charge in [-0.1, -0.05) is 0 Å². The van der Waals surface area contributed by atoms with Crippen LogP contribution in [0.1, 0.15) is 13.3 Å². The number of nitrogens with two attached hydrogens (primary N) is 2. The summed E-state index contributed by atoms with van der Waals surface area (Å²) in [6, 6.07) is -3.40. The number of amides is 5. The van der Waals surface area contributed by atoms with Crippen LogP contribution in [-0.2, 0) is 19.2 Å². The van der Waals surface area contributed by atoms with Gasteiger partial charge in [0.05, 0.1) is 12.5 Å². The molecular formula is C12H24N6O7S. The Labute approximate surface area is 154 Å². The summed E-state index contributed by atoms with van der Waals surface area (Å²) >= 11 is 3.80. The minimum absolute atomic E-state index is 0.0300. The molecule has 0 bridgehead atoms. The molecule has 0 aliphatic rings. The molecule has 0 aromatic rings. The van der Waals surface area contributed by atoms with E-state index < -0.39 is 54.8 Å². The van der Waals surface area contributed by atoms with E-state index in [9.17, 15) is 24.0 Å². The summed E-state index contributed by atoms with van der Waals surface area (Å²) in [5.41, 5.74) is 14.2. The fourth-order valence-electron chi connectivity index (χ4n) is 1.16. The van der Waals surface area contributed by atoms with Crippen LogP contribution in [0.2, 0.25) is 0 Å². The highest BCUT2D eigenvalue weighted by atomic mass is 32.1. The maximum absolute atomic E-state index is 11.8. The lowest BCUT2D eigenvalue weighted by Gasteiger charge is -2.18. The molecule has 0 saturated carbocycles. The molecule has 0 unspecified atom stereocenters. The van der Waals surface area contributed by atoms with Crippen LogP contribution >= 0.6 is 12.6 Å². The molecule has 0 aliphatic heterocycles. The summed E-state index contributed by atoms with van der Waals surface area (Å²) in [5.74, 6) is -3.86. The summed E-state index contributed by atoms with van der Waals surface area (Å²) in [6.07, 6.45) is -0.569. The van der Waals surface area contributed by atoms with E-state index >= 15 is 0 Å². The minimum Gasteiger partial charge on any atom is -0.480 e. The first-order valence-electron chi connectivity index (χ1n) is 7.20. The number of carbonyl (C=O) groups excluding carboxylic acids is 4. The number of hydrazine groups is 1. The monoisotopic (exact) mass is 396 g/mol. The van der Waals surface area contributed by atoms with E-state index in [1.807, 2.05) is 21.5 Å². The van der Waals surface area contributed by atoms with Crippen molar-refractivity contribution in [2.24, 2.45) is 11.5 Å². The molecule has 0 saturated heterocycles. The van der Waals surface area contributed by atoms with Gasteiger partial charge >= 0.3 is 12.0 Å². The Morgan fingerprint density at radius 1 is 1.12 bits per heavy atom. The third-order valence-corrected chi connectivity index (χ3v) is 2.66. The Morgan fingerprint density at radius 2 is 1.62 bits per heavy atom. The normalized spacial score (nSPS) is 11.7. The van der Waals surface area contributed by atoms with Gasteiger partial charge in [-0.25, -0.2) is 4.79 Å². The molecule has 0 radical (unpaired) electrons. The highest BCUT2D eigenvalue weighted by molar-refractivity contribution is 7.80. The fraction of sp³-hybridized carbons (Fsp3) is 0.583. The number of thiol groups is 1. The second-order valence-electron chi connectivity index (χ2n) is 4.53. The quantitative estimate of drug-likeness (QED) is 0.145. The standard InChI is InChI=1S/C10H18N6O6S.C2H6O/c11-4(3-23)8(20)15-16-9(21)5(1-6(12)17)14-10(22)13-2-7(18)19;1-2-3/h4-5,23H,1-3,11H2,(H2,12,17)(H,15,20)(H,16,21)(H,18,19)(H2,13,14,22);3H,2H2,1H3/t4-,5-;/m0./s1. The molecule has 5 amide bonds. The summed E-state index contributed by atoms with van der Waals surface area (Å²) in [6.45, 7) is 1.24. The predicted octanol–water partition coefficient (Wildman–Crippen LogP) is -3.98. The molecule has 0 rings (SSSR count). The number of aliphatic hydroxyl groups excluding tert-OH is 1. The average molecular weight is 396 g/mol. The van der Waals surface area contributed by atoms with Gasteiger partial charge < -0.3 is 32.3 Å².